The fraction of sp³-hybridized carbons (Fsp3) is 0.793. The van der Waals surface area contributed by atoms with E-state index in [4.69, 9.17) is 0 Å². The Kier molecular flexibility index (Phi) is 14.5. The van der Waals surface area contributed by atoms with E-state index in [1.807, 2.05) is 0 Å². The third-order valence-corrected chi connectivity index (χ3v) is 7.86. The predicted octanol–water partition coefficient (Wildman–Crippen LogP) is 9.65. The Bertz CT molecular complexity index is 458. The van der Waals surface area contributed by atoms with Crippen LogP contribution in [-0.4, -0.2) is 0 Å². The summed E-state index contributed by atoms with van der Waals surface area (Å²) in [7, 11) is 0. The van der Waals surface area contributed by atoms with Crippen molar-refractivity contribution in [2.45, 2.75) is 125 Å². The summed E-state index contributed by atoms with van der Waals surface area (Å²) >= 11 is 0. The summed E-state index contributed by atoms with van der Waals surface area (Å²) in [4.78, 5) is 0. The largest absolute Gasteiger partial charge is 0.0651 e. The number of hydrogen-bond acceptors (Lipinski definition) is 0. The van der Waals surface area contributed by atoms with Gasteiger partial charge in [0.15, 0.2) is 0 Å². The van der Waals surface area contributed by atoms with Gasteiger partial charge in [0.25, 0.3) is 0 Å². The average molecular weight is 401 g/mol. The van der Waals surface area contributed by atoms with E-state index >= 15 is 0 Å². The Hall–Kier alpha value is -0.780. The molecule has 4 atom stereocenters. The van der Waals surface area contributed by atoms with E-state index in [1.165, 1.54) is 81.8 Å². The zero-order valence-electron chi connectivity index (χ0n) is 20.8. The molecule has 1 aromatic carbocycles. The smallest absolute Gasteiger partial charge is 0.0305 e. The molecule has 0 N–H and O–H groups in total. The lowest BCUT2D eigenvalue weighted by Crippen LogP contribution is -2.17. The van der Waals surface area contributed by atoms with E-state index < -0.39 is 0 Å². The van der Waals surface area contributed by atoms with Crippen LogP contribution in [0.3, 0.4) is 0 Å². The molecule has 0 heteroatoms. The first-order valence-electron chi connectivity index (χ1n) is 13.2. The van der Waals surface area contributed by atoms with Gasteiger partial charge in [0.2, 0.25) is 0 Å². The van der Waals surface area contributed by atoms with Crippen molar-refractivity contribution in [3.63, 3.8) is 0 Å². The van der Waals surface area contributed by atoms with E-state index in [1.54, 1.807) is 0 Å². The van der Waals surface area contributed by atoms with Gasteiger partial charge in [-0.2, -0.15) is 0 Å². The zero-order valence-corrected chi connectivity index (χ0v) is 20.8. The lowest BCUT2D eigenvalue weighted by Gasteiger charge is -2.29. The molecule has 2 aliphatic carbocycles. The summed E-state index contributed by atoms with van der Waals surface area (Å²) in [5.41, 5.74) is 2.98. The third-order valence-electron chi connectivity index (χ3n) is 7.86. The third kappa shape index (κ3) is 9.27. The van der Waals surface area contributed by atoms with Gasteiger partial charge < -0.3 is 0 Å². The highest BCUT2D eigenvalue weighted by Crippen LogP contribution is 2.35. The first kappa shape index (κ1) is 26.3. The number of aryl methyl sites for hydroxylation is 2. The van der Waals surface area contributed by atoms with Crippen LogP contribution in [0.25, 0.3) is 0 Å². The minimum atomic E-state index is 1.07. The summed E-state index contributed by atoms with van der Waals surface area (Å²) in [5.74, 6) is 4.29. The van der Waals surface area contributed by atoms with Crippen molar-refractivity contribution in [1.82, 2.24) is 0 Å². The molecule has 2 aliphatic rings. The number of hydrogen-bond donors (Lipinski definition) is 0. The van der Waals surface area contributed by atoms with Crippen LogP contribution in [0.5, 0.6) is 0 Å². The van der Waals surface area contributed by atoms with Crippen LogP contribution >= 0.6 is 0 Å². The van der Waals surface area contributed by atoms with E-state index in [-0.39, 0.29) is 0 Å². The van der Waals surface area contributed by atoms with Crippen molar-refractivity contribution in [3.05, 3.63) is 35.4 Å². The second-order valence-corrected chi connectivity index (χ2v) is 9.36. The summed E-state index contributed by atoms with van der Waals surface area (Å²) < 4.78 is 0. The zero-order chi connectivity index (χ0) is 21.5. The van der Waals surface area contributed by atoms with E-state index in [0.29, 0.717) is 0 Å². The van der Waals surface area contributed by atoms with Gasteiger partial charge in [-0.15, -0.1) is 0 Å². The second kappa shape index (κ2) is 16.0. The average Bonchev–Trinajstić information content (AvgIpc) is 3.27. The molecule has 0 saturated heterocycles. The Morgan fingerprint density at radius 2 is 0.828 bits per heavy atom. The maximum Gasteiger partial charge on any atom is -0.0305 e. The SMILES string of the molecule is CCC1CCCC1CC.CCC1CCCCC1CC.CCc1ccccc1CC. The minimum Gasteiger partial charge on any atom is -0.0651 e. The van der Waals surface area contributed by atoms with Crippen LogP contribution < -0.4 is 0 Å². The first-order valence-corrected chi connectivity index (χ1v) is 13.2. The summed E-state index contributed by atoms with van der Waals surface area (Å²) in [5, 5.41) is 0. The summed E-state index contributed by atoms with van der Waals surface area (Å²) in [6.45, 7) is 13.8. The maximum absolute atomic E-state index is 2.35. The van der Waals surface area contributed by atoms with Gasteiger partial charge in [0.1, 0.15) is 0 Å². The van der Waals surface area contributed by atoms with Gasteiger partial charge in [-0.1, -0.05) is 136 Å². The van der Waals surface area contributed by atoms with Gasteiger partial charge in [-0.25, -0.2) is 0 Å². The Labute approximate surface area is 184 Å². The molecule has 29 heavy (non-hydrogen) atoms. The van der Waals surface area contributed by atoms with Crippen molar-refractivity contribution < 1.29 is 0 Å². The molecule has 0 spiro atoms. The van der Waals surface area contributed by atoms with Crippen LogP contribution in [0.15, 0.2) is 24.3 Å². The standard InChI is InChI=1S/C10H20.C10H14.C9H18/c2*1-3-9-7-5-6-8-10(9)4-2;1-3-8-6-5-7-9(8)4-2/h9-10H,3-8H2,1-2H3;5-8H,3-4H2,1-2H3;8-9H,3-7H2,1-2H3. The highest BCUT2D eigenvalue weighted by atomic mass is 14.3. The molecule has 0 aliphatic heterocycles. The van der Waals surface area contributed by atoms with Crippen LogP contribution in [0, 0.1) is 23.7 Å². The minimum absolute atomic E-state index is 1.07. The normalized spacial score (nSPS) is 26.1. The molecule has 168 valence electrons. The molecule has 0 aromatic heterocycles. The van der Waals surface area contributed by atoms with Gasteiger partial charge in [-0.05, 0) is 47.6 Å². The molecule has 0 amide bonds. The molecule has 2 saturated carbocycles. The van der Waals surface area contributed by atoms with E-state index in [2.05, 4.69) is 65.8 Å². The Balaban J connectivity index is 0.000000218. The maximum atomic E-state index is 2.35. The van der Waals surface area contributed by atoms with Gasteiger partial charge in [0.05, 0.1) is 0 Å². The van der Waals surface area contributed by atoms with Gasteiger partial charge >= 0.3 is 0 Å². The molecule has 4 unspecified atom stereocenters. The van der Waals surface area contributed by atoms with Gasteiger partial charge in [0, 0.05) is 0 Å². The van der Waals surface area contributed by atoms with Crippen LogP contribution in [0.4, 0.5) is 0 Å². The van der Waals surface area contributed by atoms with Crippen LogP contribution in [0.2, 0.25) is 0 Å². The first-order chi connectivity index (χ1) is 14.1. The molecule has 3 rings (SSSR count). The highest BCUT2D eigenvalue weighted by molar-refractivity contribution is 5.26. The molecule has 0 heterocycles. The summed E-state index contributed by atoms with van der Waals surface area (Å²) in [6.07, 6.45) is 18.5. The molecular weight excluding hydrogens is 348 g/mol. The second-order valence-electron chi connectivity index (χ2n) is 9.36. The summed E-state index contributed by atoms with van der Waals surface area (Å²) in [6, 6.07) is 8.63. The van der Waals surface area contributed by atoms with Crippen molar-refractivity contribution in [3.8, 4) is 0 Å². The Morgan fingerprint density at radius 3 is 1.10 bits per heavy atom. The number of benzene rings is 1. The molecule has 1 aromatic rings. The molecule has 0 bridgehead atoms. The van der Waals surface area contributed by atoms with Crippen LogP contribution in [0.1, 0.15) is 123 Å². The van der Waals surface area contributed by atoms with E-state index in [0.717, 1.165) is 36.5 Å². The Morgan fingerprint density at radius 1 is 0.517 bits per heavy atom. The quantitative estimate of drug-likeness (QED) is 0.445. The molecular formula is C29H52. The van der Waals surface area contributed by atoms with Crippen molar-refractivity contribution in [1.29, 1.82) is 0 Å². The molecule has 2 fully saturated rings. The lowest BCUT2D eigenvalue weighted by molar-refractivity contribution is 0.224. The van der Waals surface area contributed by atoms with Crippen molar-refractivity contribution in [2.24, 2.45) is 23.7 Å². The lowest BCUT2D eigenvalue weighted by atomic mass is 9.77. The highest BCUT2D eigenvalue weighted by Gasteiger charge is 2.23. The van der Waals surface area contributed by atoms with E-state index in [9.17, 15) is 0 Å². The molecule has 0 nitrogen and oxygen atoms in total. The monoisotopic (exact) mass is 400 g/mol. The predicted molar refractivity (Wildman–Crippen MR) is 133 cm³/mol. The fourth-order valence-electron chi connectivity index (χ4n) is 5.80. The molecule has 0 radical (unpaired) electrons. The van der Waals surface area contributed by atoms with Gasteiger partial charge in [-0.3, -0.25) is 0 Å². The van der Waals surface area contributed by atoms with Crippen LogP contribution in [-0.2, 0) is 12.8 Å². The van der Waals surface area contributed by atoms with Crippen molar-refractivity contribution in [2.75, 3.05) is 0 Å². The fourth-order valence-corrected chi connectivity index (χ4v) is 5.80. The van der Waals surface area contributed by atoms with Crippen molar-refractivity contribution >= 4 is 0 Å². The number of rotatable bonds is 6. The topological polar surface area (TPSA) is 0 Å².